The molecule has 12 rings (SSSR count). The second-order valence-corrected chi connectivity index (χ2v) is 20.6. The Morgan fingerprint density at radius 3 is 1.46 bits per heavy atom. The lowest BCUT2D eigenvalue weighted by molar-refractivity contribution is 1.01. The van der Waals surface area contributed by atoms with Crippen LogP contribution >= 0.6 is 34.0 Å². The summed E-state index contributed by atoms with van der Waals surface area (Å²) in [5.41, 5.74) is 9.41. The Hall–Kier alpha value is -3.90. The topological polar surface area (TPSA) is 25.8 Å². The van der Waals surface area contributed by atoms with Crippen LogP contribution in [0.25, 0.3) is 10.8 Å². The first-order chi connectivity index (χ1) is 28.2. The van der Waals surface area contributed by atoms with Crippen molar-refractivity contribution in [1.29, 1.82) is 0 Å². The van der Waals surface area contributed by atoms with Gasteiger partial charge in [-0.1, -0.05) is 112 Å². The van der Waals surface area contributed by atoms with Gasteiger partial charge in [0.15, 0.2) is 0 Å². The van der Waals surface area contributed by atoms with Crippen LogP contribution in [0.1, 0.15) is 204 Å². The highest BCUT2D eigenvalue weighted by molar-refractivity contribution is 7.12. The molecule has 0 spiro atoms. The predicted octanol–water partition coefficient (Wildman–Crippen LogP) is 20.9. The summed E-state index contributed by atoms with van der Waals surface area (Å²) < 4.78 is 0. The van der Waals surface area contributed by atoms with Crippen LogP contribution in [0.15, 0.2) is 114 Å². The van der Waals surface area contributed by atoms with E-state index in [0.717, 1.165) is 35.3 Å². The van der Waals surface area contributed by atoms with E-state index >= 15 is 0 Å². The molecule has 0 saturated heterocycles. The average Bonchev–Trinajstić information content (AvgIpc) is 4.01. The molecule has 5 aromatic heterocycles. The smallest absolute Gasteiger partial charge is 0.0434 e. The molecule has 0 unspecified atom stereocenters. The zero-order chi connectivity index (χ0) is 40.4. The molecule has 0 bridgehead atoms. The van der Waals surface area contributed by atoms with Gasteiger partial charge in [-0.3, -0.25) is 9.97 Å². The minimum atomic E-state index is 0. The molecule has 0 N–H and O–H groups in total. The predicted molar refractivity (Wildman–Crippen MR) is 301 cm³/mol. The van der Waals surface area contributed by atoms with Gasteiger partial charge in [-0.05, 0) is 210 Å². The maximum absolute atomic E-state index is 4.34. The molecule has 2 nitrogen and oxygen atoms in total. The van der Waals surface area contributed by atoms with Gasteiger partial charge in [0.25, 0.3) is 0 Å². The van der Waals surface area contributed by atoms with Gasteiger partial charge < -0.3 is 0 Å². The Bertz CT molecular complexity index is 2120. The first-order valence-corrected chi connectivity index (χ1v) is 24.2. The van der Waals surface area contributed by atoms with Gasteiger partial charge in [-0.2, -0.15) is 0 Å². The molecule has 65 heavy (non-hydrogen) atoms. The normalized spacial score (nSPS) is 14.7. The monoisotopic (exact) mass is 935 g/mol. The fourth-order valence-electron chi connectivity index (χ4n) is 6.72. The van der Waals surface area contributed by atoms with Gasteiger partial charge >= 0.3 is 0 Å². The molecule has 5 aliphatic carbocycles. The summed E-state index contributed by atoms with van der Waals surface area (Å²) in [6, 6.07) is 32.6. The number of hydrogen-bond donors (Lipinski definition) is 0. The van der Waals surface area contributed by atoms with Crippen molar-refractivity contribution in [3.8, 4) is 0 Å². The van der Waals surface area contributed by atoms with Crippen LogP contribution in [0, 0.1) is 41.5 Å². The largest absolute Gasteiger partial charge is 0.261 e. The maximum Gasteiger partial charge on any atom is 0.0434 e. The van der Waals surface area contributed by atoms with Crippen molar-refractivity contribution in [3.63, 3.8) is 0 Å². The van der Waals surface area contributed by atoms with Crippen molar-refractivity contribution >= 4 is 44.8 Å². The number of aromatic nitrogens is 2. The van der Waals surface area contributed by atoms with Gasteiger partial charge in [0.05, 0.1) is 0 Å². The number of thiophene rings is 3. The lowest BCUT2D eigenvalue weighted by Crippen LogP contribution is -1.84. The molecule has 5 heterocycles. The third-order valence-electron chi connectivity index (χ3n) is 11.1. The molecular weight excluding hydrogens is 845 g/mol. The zero-order valence-electron chi connectivity index (χ0n) is 35.5. The molecular formula is C60H90N2S3. The molecule has 358 valence electrons. The van der Waals surface area contributed by atoms with Gasteiger partial charge in [0, 0.05) is 49.2 Å². The van der Waals surface area contributed by atoms with Crippen molar-refractivity contribution in [3.05, 3.63) is 173 Å². The van der Waals surface area contributed by atoms with Crippen LogP contribution < -0.4 is 0 Å². The SMILES string of the molecule is C.C.C.C.C.C.C.Cc1cc(C2CC2)cs1.Cc1ccc(C2CC2)cn1.Cc1ccc(C2CC2)nc1.Cc1ccc(C2CC2)s1.Cc1ccc2ccccc2c1.Cc1csc(C2CC2)c1. The highest BCUT2D eigenvalue weighted by atomic mass is 32.1. The lowest BCUT2D eigenvalue weighted by Gasteiger charge is -1.96. The van der Waals surface area contributed by atoms with Gasteiger partial charge in [0.2, 0.25) is 0 Å². The van der Waals surface area contributed by atoms with E-state index in [-0.39, 0.29) is 52.0 Å². The summed E-state index contributed by atoms with van der Waals surface area (Å²) in [6.45, 7) is 12.7. The van der Waals surface area contributed by atoms with Crippen molar-refractivity contribution in [2.75, 3.05) is 0 Å². The van der Waals surface area contributed by atoms with Gasteiger partial charge in [-0.25, -0.2) is 0 Å². The molecule has 5 aliphatic rings. The van der Waals surface area contributed by atoms with E-state index in [1.807, 2.05) is 53.3 Å². The first kappa shape index (κ1) is 61.1. The number of nitrogens with zero attached hydrogens (tertiary/aromatic N) is 2. The van der Waals surface area contributed by atoms with E-state index in [1.165, 1.54) is 113 Å². The summed E-state index contributed by atoms with van der Waals surface area (Å²) in [5, 5.41) is 7.19. The molecule has 5 fully saturated rings. The highest BCUT2D eigenvalue weighted by Crippen LogP contribution is 2.44. The molecule has 0 radical (unpaired) electrons. The molecule has 5 heteroatoms. The lowest BCUT2D eigenvalue weighted by atomic mass is 10.1. The molecule has 2 aromatic carbocycles. The summed E-state index contributed by atoms with van der Waals surface area (Å²) >= 11 is 5.75. The van der Waals surface area contributed by atoms with E-state index in [1.54, 1.807) is 15.3 Å². The second kappa shape index (κ2) is 29.7. The third kappa shape index (κ3) is 21.1. The molecule has 0 aliphatic heterocycles. The first-order valence-electron chi connectivity index (χ1n) is 21.6. The van der Waals surface area contributed by atoms with Crippen LogP contribution in [0.3, 0.4) is 0 Å². The van der Waals surface area contributed by atoms with E-state index in [9.17, 15) is 0 Å². The van der Waals surface area contributed by atoms with Gasteiger partial charge in [0.1, 0.15) is 0 Å². The van der Waals surface area contributed by atoms with Crippen molar-refractivity contribution < 1.29 is 0 Å². The van der Waals surface area contributed by atoms with E-state index in [0.29, 0.717) is 0 Å². The number of pyridine rings is 2. The van der Waals surface area contributed by atoms with Crippen molar-refractivity contribution in [2.45, 2.75) is 187 Å². The molecule has 5 saturated carbocycles. The van der Waals surface area contributed by atoms with E-state index in [2.05, 4.69) is 146 Å². The van der Waals surface area contributed by atoms with Crippen LogP contribution in [-0.4, -0.2) is 9.97 Å². The Labute approximate surface area is 412 Å². The Kier molecular flexibility index (Phi) is 27.9. The highest BCUT2D eigenvalue weighted by Gasteiger charge is 2.26. The summed E-state index contributed by atoms with van der Waals surface area (Å²) in [6.07, 6.45) is 18.0. The van der Waals surface area contributed by atoms with Crippen LogP contribution in [0.5, 0.6) is 0 Å². The zero-order valence-corrected chi connectivity index (χ0v) is 38.0. The standard InChI is InChI=1S/C11H10.2C9H11N.3C8H10S.7CH4/c1-9-6-7-10-4-2-3-5-11(10)8-9;1-7-2-5-9(10-6-7)8-3-4-8;1-7-2-3-9(6-10-7)8-4-5-8;1-6-2-5-8(9-6)7-3-4-7;1-6-4-8(5-9-6)7-2-3-7;1-6-4-8(9-5-6)7-2-3-7;;;;;;;/h2-8H,1H3;2,5-6,8H,3-4H2,1H3;2-3,6,8H,4-5H2,1H3;2,5,7H,3-4H2,1H3;2*4-5,7H,2-3H2,1H3;7*1H4. The fourth-order valence-corrected chi connectivity index (χ4v) is 9.62. The third-order valence-corrected chi connectivity index (χ3v) is 14.3. The molecule has 0 atom stereocenters. The second-order valence-electron chi connectivity index (χ2n) is 17.2. The summed E-state index contributed by atoms with van der Waals surface area (Å²) in [7, 11) is 0. The number of benzene rings is 2. The van der Waals surface area contributed by atoms with Crippen molar-refractivity contribution in [1.82, 2.24) is 9.97 Å². The summed E-state index contributed by atoms with van der Waals surface area (Å²) in [4.78, 5) is 14.7. The molecule has 0 amide bonds. The fraction of sp³-hybridized carbons (Fsp3) is 0.467. The number of fused-ring (bicyclic) bond motifs is 1. The van der Waals surface area contributed by atoms with Gasteiger partial charge in [-0.15, -0.1) is 34.0 Å². The van der Waals surface area contributed by atoms with E-state index in [4.69, 9.17) is 0 Å². The van der Waals surface area contributed by atoms with E-state index < -0.39 is 0 Å². The van der Waals surface area contributed by atoms with Crippen LogP contribution in [-0.2, 0) is 0 Å². The number of rotatable bonds is 5. The van der Waals surface area contributed by atoms with Crippen LogP contribution in [0.4, 0.5) is 0 Å². The minimum absolute atomic E-state index is 0. The number of aryl methyl sites for hydroxylation is 6. The summed E-state index contributed by atoms with van der Waals surface area (Å²) in [5.74, 6) is 4.47. The van der Waals surface area contributed by atoms with Crippen molar-refractivity contribution in [2.24, 2.45) is 0 Å². The number of hydrogen-bond acceptors (Lipinski definition) is 5. The minimum Gasteiger partial charge on any atom is -0.261 e. The quantitative estimate of drug-likeness (QED) is 0.172. The average molecular weight is 936 g/mol. The molecule has 7 aromatic rings. The Morgan fingerprint density at radius 1 is 0.400 bits per heavy atom. The van der Waals surface area contributed by atoms with Crippen LogP contribution in [0.2, 0.25) is 0 Å². The maximum atomic E-state index is 4.34. The Balaban J connectivity index is 0.000000741. The Morgan fingerprint density at radius 2 is 0.985 bits per heavy atom.